The largest absolute Gasteiger partial charge is 0.428 e. The van der Waals surface area contributed by atoms with E-state index in [9.17, 15) is 14.0 Å². The number of nitrogens with one attached hydrogen (secondary N) is 1. The van der Waals surface area contributed by atoms with Gasteiger partial charge in [-0.15, -0.1) is 10.2 Å². The van der Waals surface area contributed by atoms with Crippen molar-refractivity contribution < 1.29 is 8.81 Å². The van der Waals surface area contributed by atoms with Crippen molar-refractivity contribution in [1.82, 2.24) is 29.3 Å². The molecule has 0 bridgehead atoms. The number of H-pyrrole nitrogens is 1. The van der Waals surface area contributed by atoms with Crippen molar-refractivity contribution in [3.05, 3.63) is 74.6 Å². The molecule has 0 aliphatic carbocycles. The van der Waals surface area contributed by atoms with Gasteiger partial charge in [0.05, 0.1) is 6.42 Å². The number of aryl methyl sites for hydroxylation is 2. The summed E-state index contributed by atoms with van der Waals surface area (Å²) in [6, 6.07) is 6.21. The fourth-order valence-corrected chi connectivity index (χ4v) is 3.27. The summed E-state index contributed by atoms with van der Waals surface area (Å²) in [4.78, 5) is 33.2. The number of fused-ring (bicyclic) bond motifs is 1. The lowest BCUT2D eigenvalue weighted by atomic mass is 10.1. The third-order valence-corrected chi connectivity index (χ3v) is 4.59. The van der Waals surface area contributed by atoms with E-state index in [1.54, 1.807) is 12.1 Å². The summed E-state index contributed by atoms with van der Waals surface area (Å²) in [7, 11) is 0. The maximum absolute atomic E-state index is 13.5. The summed E-state index contributed by atoms with van der Waals surface area (Å²) in [6.45, 7) is 2.44. The Morgan fingerprint density at radius 2 is 2.07 bits per heavy atom. The molecule has 0 aliphatic heterocycles. The summed E-state index contributed by atoms with van der Waals surface area (Å²) in [6.07, 6.45) is 2.47. The molecule has 1 aromatic carbocycles. The summed E-state index contributed by atoms with van der Waals surface area (Å²) < 4.78 is 21.2. The van der Waals surface area contributed by atoms with E-state index in [2.05, 4.69) is 20.2 Å². The fourth-order valence-electron chi connectivity index (χ4n) is 3.27. The molecule has 0 atom stereocenters. The van der Waals surface area contributed by atoms with Crippen LogP contribution in [-0.2, 0) is 25.9 Å². The van der Waals surface area contributed by atoms with Crippen molar-refractivity contribution in [2.24, 2.45) is 0 Å². The molecule has 0 unspecified atom stereocenters. The first kappa shape index (κ1) is 18.8. The average molecular weight is 398 g/mol. The van der Waals surface area contributed by atoms with Gasteiger partial charge in [0.15, 0.2) is 5.65 Å². The molecule has 3 aromatic heterocycles. The minimum atomic E-state index is -0.434. The van der Waals surface area contributed by atoms with Crippen LogP contribution in [-0.4, -0.2) is 29.3 Å². The van der Waals surface area contributed by atoms with Gasteiger partial charge in [0.2, 0.25) is 12.3 Å². The topological polar surface area (TPSA) is 112 Å². The Bertz CT molecular complexity index is 1260. The zero-order valence-electron chi connectivity index (χ0n) is 15.8. The van der Waals surface area contributed by atoms with Crippen molar-refractivity contribution >= 4 is 11.2 Å². The van der Waals surface area contributed by atoms with E-state index in [0.29, 0.717) is 31.1 Å². The quantitative estimate of drug-likeness (QED) is 0.507. The van der Waals surface area contributed by atoms with Gasteiger partial charge in [-0.25, -0.2) is 14.2 Å². The first-order valence-corrected chi connectivity index (χ1v) is 9.28. The van der Waals surface area contributed by atoms with Crippen LogP contribution in [0.25, 0.3) is 11.2 Å². The Morgan fingerprint density at radius 3 is 2.79 bits per heavy atom. The molecule has 0 fully saturated rings. The van der Waals surface area contributed by atoms with Gasteiger partial charge >= 0.3 is 5.69 Å². The van der Waals surface area contributed by atoms with Crippen LogP contribution in [0.2, 0.25) is 0 Å². The monoisotopic (exact) mass is 398 g/mol. The van der Waals surface area contributed by atoms with Crippen LogP contribution in [0.4, 0.5) is 4.39 Å². The number of aromatic amines is 1. The highest BCUT2D eigenvalue weighted by Gasteiger charge is 2.18. The van der Waals surface area contributed by atoms with Crippen molar-refractivity contribution in [1.29, 1.82) is 0 Å². The number of halogens is 1. The number of hydrogen-bond acceptors (Lipinski definition) is 6. The molecule has 10 heteroatoms. The lowest BCUT2D eigenvalue weighted by Gasteiger charge is -2.10. The molecule has 0 amide bonds. The van der Waals surface area contributed by atoms with Crippen molar-refractivity contribution in [3.63, 3.8) is 0 Å². The number of benzene rings is 1. The van der Waals surface area contributed by atoms with Crippen molar-refractivity contribution in [2.45, 2.75) is 39.3 Å². The highest BCUT2D eigenvalue weighted by molar-refractivity contribution is 5.69. The summed E-state index contributed by atoms with van der Waals surface area (Å²) >= 11 is 0. The van der Waals surface area contributed by atoms with Gasteiger partial charge in [-0.3, -0.25) is 13.9 Å². The third kappa shape index (κ3) is 3.73. The van der Waals surface area contributed by atoms with Crippen LogP contribution >= 0.6 is 0 Å². The minimum absolute atomic E-state index is 0.208. The lowest BCUT2D eigenvalue weighted by Crippen LogP contribution is -2.40. The summed E-state index contributed by atoms with van der Waals surface area (Å²) in [5.74, 6) is 0.443. The second-order valence-corrected chi connectivity index (χ2v) is 6.66. The molecule has 0 radical (unpaired) electrons. The lowest BCUT2D eigenvalue weighted by molar-refractivity contribution is 0.501. The highest BCUT2D eigenvalue weighted by atomic mass is 19.1. The van der Waals surface area contributed by atoms with Gasteiger partial charge in [0.25, 0.3) is 5.56 Å². The zero-order chi connectivity index (χ0) is 20.4. The van der Waals surface area contributed by atoms with E-state index in [4.69, 9.17) is 4.42 Å². The minimum Gasteiger partial charge on any atom is -0.428 e. The van der Waals surface area contributed by atoms with Gasteiger partial charge in [0, 0.05) is 13.1 Å². The molecular weight excluding hydrogens is 379 g/mol. The molecule has 29 heavy (non-hydrogen) atoms. The van der Waals surface area contributed by atoms with Gasteiger partial charge in [-0.2, -0.15) is 0 Å². The van der Waals surface area contributed by atoms with E-state index in [1.165, 1.54) is 27.7 Å². The van der Waals surface area contributed by atoms with E-state index < -0.39 is 11.2 Å². The SMILES string of the molecule is CCCn1c(=O)c2[nH]c(Cc3nnco3)nc2n(CCc2cccc(F)c2)c1=O. The Kier molecular flexibility index (Phi) is 5.07. The summed E-state index contributed by atoms with van der Waals surface area (Å²) in [5, 5.41) is 7.43. The average Bonchev–Trinajstić information content (AvgIpc) is 3.35. The standard InChI is InChI=1S/C19H19FN6O3/c1-2-7-26-18(27)16-17(23-14(22-16)10-15-24-21-11-29-15)25(19(26)28)8-6-12-4-3-5-13(20)9-12/h3-5,9,11H,2,6-8,10H2,1H3,(H,22,23). The molecule has 9 nitrogen and oxygen atoms in total. The van der Waals surface area contributed by atoms with Crippen LogP contribution < -0.4 is 11.2 Å². The maximum atomic E-state index is 13.5. The van der Waals surface area contributed by atoms with Gasteiger partial charge in [-0.05, 0) is 30.5 Å². The van der Waals surface area contributed by atoms with Crippen LogP contribution in [0, 0.1) is 5.82 Å². The van der Waals surface area contributed by atoms with E-state index >= 15 is 0 Å². The van der Waals surface area contributed by atoms with Crippen LogP contribution in [0.3, 0.4) is 0 Å². The Labute approximate surface area is 163 Å². The van der Waals surface area contributed by atoms with Crippen molar-refractivity contribution in [3.8, 4) is 0 Å². The van der Waals surface area contributed by atoms with Gasteiger partial charge < -0.3 is 9.40 Å². The number of hydrogen-bond donors (Lipinski definition) is 1. The van der Waals surface area contributed by atoms with Crippen LogP contribution in [0.5, 0.6) is 0 Å². The molecule has 0 saturated carbocycles. The van der Waals surface area contributed by atoms with E-state index in [1.807, 2.05) is 6.92 Å². The second-order valence-electron chi connectivity index (χ2n) is 6.66. The molecule has 0 aliphatic rings. The molecule has 1 N–H and O–H groups in total. The second kappa shape index (κ2) is 7.82. The third-order valence-electron chi connectivity index (χ3n) is 4.59. The van der Waals surface area contributed by atoms with Gasteiger partial charge in [0.1, 0.15) is 17.2 Å². The first-order valence-electron chi connectivity index (χ1n) is 9.28. The molecule has 0 spiro atoms. The number of rotatable bonds is 7. The molecule has 4 rings (SSSR count). The normalized spacial score (nSPS) is 11.4. The fraction of sp³-hybridized carbons (Fsp3) is 0.316. The predicted octanol–water partition coefficient (Wildman–Crippen LogP) is 1.65. The Hall–Kier alpha value is -3.56. The molecular formula is C19H19FN6O3. The smallest absolute Gasteiger partial charge is 0.332 e. The predicted molar refractivity (Wildman–Crippen MR) is 102 cm³/mol. The van der Waals surface area contributed by atoms with E-state index in [0.717, 1.165) is 5.56 Å². The number of nitrogens with zero attached hydrogens (tertiary/aromatic N) is 5. The Balaban J connectivity index is 1.78. The maximum Gasteiger partial charge on any atom is 0.332 e. The van der Waals surface area contributed by atoms with Crippen molar-refractivity contribution in [2.75, 3.05) is 0 Å². The molecule has 4 aromatic rings. The Morgan fingerprint density at radius 1 is 1.21 bits per heavy atom. The molecule has 0 saturated heterocycles. The highest BCUT2D eigenvalue weighted by Crippen LogP contribution is 2.11. The van der Waals surface area contributed by atoms with Gasteiger partial charge in [-0.1, -0.05) is 19.1 Å². The number of aromatic nitrogens is 6. The van der Waals surface area contributed by atoms with Crippen LogP contribution in [0.1, 0.15) is 30.6 Å². The zero-order valence-corrected chi connectivity index (χ0v) is 15.8. The number of imidazole rings is 1. The van der Waals surface area contributed by atoms with Crippen LogP contribution in [0.15, 0.2) is 44.7 Å². The van der Waals surface area contributed by atoms with E-state index in [-0.39, 0.29) is 29.9 Å². The molecule has 150 valence electrons. The molecule has 3 heterocycles. The first-order chi connectivity index (χ1) is 14.1. The summed E-state index contributed by atoms with van der Waals surface area (Å²) in [5.41, 5.74) is 0.403.